The van der Waals surface area contributed by atoms with E-state index in [-0.39, 0.29) is 10.8 Å². The van der Waals surface area contributed by atoms with Gasteiger partial charge in [0.05, 0.1) is 6.04 Å². The molecule has 0 aromatic carbocycles. The second-order valence-electron chi connectivity index (χ2n) is 4.60. The fourth-order valence-electron chi connectivity index (χ4n) is 1.33. The van der Waals surface area contributed by atoms with Crippen LogP contribution in [-0.2, 0) is 6.54 Å². The fraction of sp³-hybridized carbons (Fsp3) is 0.727. The highest BCUT2D eigenvalue weighted by Gasteiger charge is 2.17. The number of rotatable bonds is 4. The van der Waals surface area contributed by atoms with Gasteiger partial charge < -0.3 is 10.3 Å². The number of imidazole rings is 1. The second-order valence-corrected chi connectivity index (χ2v) is 6.45. The normalized spacial score (nSPS) is 14.2. The van der Waals surface area contributed by atoms with Crippen LogP contribution in [0.3, 0.4) is 0 Å². The highest BCUT2D eigenvalue weighted by atomic mass is 32.2. The van der Waals surface area contributed by atoms with Gasteiger partial charge >= 0.3 is 0 Å². The molecule has 0 saturated heterocycles. The van der Waals surface area contributed by atoms with Gasteiger partial charge in [-0.25, -0.2) is 4.98 Å². The Kier molecular flexibility index (Phi) is 4.22. The third-order valence-corrected chi connectivity index (χ3v) is 3.51. The van der Waals surface area contributed by atoms with Crippen molar-refractivity contribution >= 4 is 11.8 Å². The smallest absolute Gasteiger partial charge is 0.126 e. The molecule has 1 unspecified atom stereocenters. The first-order chi connectivity index (χ1) is 6.94. The molecule has 0 aliphatic carbocycles. The largest absolute Gasteiger partial charge is 0.334 e. The lowest BCUT2D eigenvalue weighted by molar-refractivity contribution is 0.639. The van der Waals surface area contributed by atoms with Crippen molar-refractivity contribution in [2.45, 2.75) is 45.0 Å². The number of hydrogen-bond acceptors (Lipinski definition) is 3. The Bertz CT molecular complexity index is 301. The Balaban J connectivity index is 2.57. The lowest BCUT2D eigenvalue weighted by Crippen LogP contribution is -2.21. The highest BCUT2D eigenvalue weighted by Crippen LogP contribution is 2.26. The summed E-state index contributed by atoms with van der Waals surface area (Å²) in [5, 5.41) is 0. The molecule has 1 aromatic heterocycles. The first kappa shape index (κ1) is 12.6. The van der Waals surface area contributed by atoms with Crippen LogP contribution >= 0.6 is 11.8 Å². The molecule has 1 atom stereocenters. The van der Waals surface area contributed by atoms with Crippen LogP contribution in [-0.4, -0.2) is 20.1 Å². The molecular formula is C11H21N3S. The SMILES string of the molecule is CCn1ccnc1C(N)CSC(C)(C)C. The molecule has 1 rings (SSSR count). The molecule has 2 N–H and O–H groups in total. The monoisotopic (exact) mass is 227 g/mol. The van der Waals surface area contributed by atoms with E-state index in [9.17, 15) is 0 Å². The second kappa shape index (κ2) is 5.03. The molecular weight excluding hydrogens is 206 g/mol. The van der Waals surface area contributed by atoms with Crippen LogP contribution in [0.2, 0.25) is 0 Å². The van der Waals surface area contributed by atoms with E-state index in [0.29, 0.717) is 0 Å². The first-order valence-corrected chi connectivity index (χ1v) is 6.33. The van der Waals surface area contributed by atoms with E-state index in [2.05, 4.69) is 37.2 Å². The number of hydrogen-bond donors (Lipinski definition) is 1. The minimum Gasteiger partial charge on any atom is -0.334 e. The topological polar surface area (TPSA) is 43.8 Å². The Hall–Kier alpha value is -0.480. The summed E-state index contributed by atoms with van der Waals surface area (Å²) in [6.45, 7) is 9.65. The lowest BCUT2D eigenvalue weighted by Gasteiger charge is -2.20. The van der Waals surface area contributed by atoms with Gasteiger partial charge in [-0.05, 0) is 6.92 Å². The van der Waals surface area contributed by atoms with Crippen LogP contribution in [0.15, 0.2) is 12.4 Å². The summed E-state index contributed by atoms with van der Waals surface area (Å²) in [6.07, 6.45) is 3.80. The summed E-state index contributed by atoms with van der Waals surface area (Å²) in [5.41, 5.74) is 6.12. The van der Waals surface area contributed by atoms with Crippen molar-refractivity contribution in [2.75, 3.05) is 5.75 Å². The molecule has 4 heteroatoms. The molecule has 3 nitrogen and oxygen atoms in total. The Labute approximate surface area is 96.5 Å². The number of aryl methyl sites for hydroxylation is 1. The van der Waals surface area contributed by atoms with Gasteiger partial charge in [0.1, 0.15) is 5.82 Å². The van der Waals surface area contributed by atoms with Crippen molar-refractivity contribution < 1.29 is 0 Å². The van der Waals surface area contributed by atoms with Crippen LogP contribution < -0.4 is 5.73 Å². The molecule has 0 bridgehead atoms. The van der Waals surface area contributed by atoms with E-state index < -0.39 is 0 Å². The van der Waals surface area contributed by atoms with Gasteiger partial charge in [-0.1, -0.05) is 20.8 Å². The summed E-state index contributed by atoms with van der Waals surface area (Å²) in [6, 6.07) is 0.0316. The van der Waals surface area contributed by atoms with Crippen LogP contribution in [0.25, 0.3) is 0 Å². The van der Waals surface area contributed by atoms with E-state index in [1.807, 2.05) is 24.2 Å². The average Bonchev–Trinajstić information content (AvgIpc) is 2.60. The number of aromatic nitrogens is 2. The molecule has 15 heavy (non-hydrogen) atoms. The van der Waals surface area contributed by atoms with Crippen molar-refractivity contribution in [3.8, 4) is 0 Å². The summed E-state index contributed by atoms with van der Waals surface area (Å²) < 4.78 is 2.37. The third-order valence-electron chi connectivity index (χ3n) is 2.12. The van der Waals surface area contributed by atoms with E-state index in [0.717, 1.165) is 18.1 Å². The zero-order chi connectivity index (χ0) is 11.5. The molecule has 86 valence electrons. The molecule has 0 fully saturated rings. The Morgan fingerprint density at radius 3 is 2.73 bits per heavy atom. The predicted octanol–water partition coefficient (Wildman–Crippen LogP) is 2.43. The standard InChI is InChI=1S/C11H21N3S/c1-5-14-7-6-13-10(14)9(12)8-15-11(2,3)4/h6-7,9H,5,8,12H2,1-4H3. The van der Waals surface area contributed by atoms with E-state index in [4.69, 9.17) is 5.73 Å². The van der Waals surface area contributed by atoms with Gasteiger partial charge in [0.25, 0.3) is 0 Å². The average molecular weight is 227 g/mol. The minimum atomic E-state index is 0.0316. The maximum atomic E-state index is 6.12. The van der Waals surface area contributed by atoms with Crippen LogP contribution in [0.1, 0.15) is 39.6 Å². The Morgan fingerprint density at radius 1 is 1.53 bits per heavy atom. The number of nitrogens with zero attached hydrogens (tertiary/aromatic N) is 2. The summed E-state index contributed by atoms with van der Waals surface area (Å²) in [5.74, 6) is 1.91. The minimum absolute atomic E-state index is 0.0316. The van der Waals surface area contributed by atoms with Crippen molar-refractivity contribution in [1.82, 2.24) is 9.55 Å². The predicted molar refractivity (Wildman–Crippen MR) is 67.0 cm³/mol. The molecule has 1 aromatic rings. The van der Waals surface area contributed by atoms with Crippen molar-refractivity contribution in [3.63, 3.8) is 0 Å². The molecule has 0 radical (unpaired) electrons. The van der Waals surface area contributed by atoms with Gasteiger partial charge in [-0.3, -0.25) is 0 Å². The van der Waals surface area contributed by atoms with Gasteiger partial charge in [-0.2, -0.15) is 11.8 Å². The van der Waals surface area contributed by atoms with Crippen molar-refractivity contribution in [2.24, 2.45) is 5.73 Å². The zero-order valence-corrected chi connectivity index (χ0v) is 10.8. The van der Waals surface area contributed by atoms with Crippen molar-refractivity contribution in [1.29, 1.82) is 0 Å². The maximum absolute atomic E-state index is 6.12. The summed E-state index contributed by atoms with van der Waals surface area (Å²) >= 11 is 1.88. The quantitative estimate of drug-likeness (QED) is 0.859. The number of nitrogens with two attached hydrogens (primary N) is 1. The molecule has 0 saturated carbocycles. The number of thioether (sulfide) groups is 1. The van der Waals surface area contributed by atoms with Crippen LogP contribution in [0, 0.1) is 0 Å². The summed E-state index contributed by atoms with van der Waals surface area (Å²) in [7, 11) is 0. The van der Waals surface area contributed by atoms with E-state index in [1.165, 1.54) is 0 Å². The van der Waals surface area contributed by atoms with Crippen LogP contribution in [0.4, 0.5) is 0 Å². The molecule has 1 heterocycles. The zero-order valence-electron chi connectivity index (χ0n) is 10.0. The highest BCUT2D eigenvalue weighted by molar-refractivity contribution is 8.00. The van der Waals surface area contributed by atoms with Gasteiger partial charge in [-0.15, -0.1) is 0 Å². The van der Waals surface area contributed by atoms with Gasteiger partial charge in [0.15, 0.2) is 0 Å². The molecule has 0 aliphatic rings. The first-order valence-electron chi connectivity index (χ1n) is 5.34. The molecule has 0 aliphatic heterocycles. The van der Waals surface area contributed by atoms with E-state index >= 15 is 0 Å². The van der Waals surface area contributed by atoms with Crippen molar-refractivity contribution in [3.05, 3.63) is 18.2 Å². The lowest BCUT2D eigenvalue weighted by atomic mass is 10.3. The molecule has 0 spiro atoms. The maximum Gasteiger partial charge on any atom is 0.126 e. The molecule has 0 amide bonds. The third kappa shape index (κ3) is 3.87. The Morgan fingerprint density at radius 2 is 2.20 bits per heavy atom. The van der Waals surface area contributed by atoms with Crippen LogP contribution in [0.5, 0.6) is 0 Å². The van der Waals surface area contributed by atoms with E-state index in [1.54, 1.807) is 0 Å². The fourth-order valence-corrected chi connectivity index (χ4v) is 2.16. The summed E-state index contributed by atoms with van der Waals surface area (Å²) in [4.78, 5) is 4.31. The van der Waals surface area contributed by atoms with Gasteiger partial charge in [0, 0.05) is 29.4 Å². The van der Waals surface area contributed by atoms with Gasteiger partial charge in [0.2, 0.25) is 0 Å².